The molecule has 0 radical (unpaired) electrons. The highest BCUT2D eigenvalue weighted by Gasteiger charge is 2.33. The third-order valence-corrected chi connectivity index (χ3v) is 7.03. The van der Waals surface area contributed by atoms with Crippen molar-refractivity contribution in [1.29, 1.82) is 0 Å². The Morgan fingerprint density at radius 3 is 2.38 bits per heavy atom. The average Bonchev–Trinajstić information content (AvgIpc) is 2.82. The first-order chi connectivity index (χ1) is 15.3. The van der Waals surface area contributed by atoms with Crippen molar-refractivity contribution in [2.24, 2.45) is 5.92 Å². The lowest BCUT2D eigenvalue weighted by molar-refractivity contribution is -0.126. The fourth-order valence-electron chi connectivity index (χ4n) is 3.40. The van der Waals surface area contributed by atoms with Crippen LogP contribution < -0.4 is 20.3 Å². The van der Waals surface area contributed by atoms with Crippen molar-refractivity contribution in [1.82, 2.24) is 15.2 Å². The van der Waals surface area contributed by atoms with Crippen molar-refractivity contribution in [3.05, 3.63) is 53.8 Å². The number of piperidine rings is 1. The van der Waals surface area contributed by atoms with E-state index in [1.54, 1.807) is 6.07 Å². The summed E-state index contributed by atoms with van der Waals surface area (Å²) in [5, 5.41) is 0. The van der Waals surface area contributed by atoms with Crippen LogP contribution in [0.25, 0.3) is 0 Å². The van der Waals surface area contributed by atoms with Crippen LogP contribution >= 0.6 is 0 Å². The Morgan fingerprint density at radius 1 is 1.03 bits per heavy atom. The number of rotatable bonds is 6. The van der Waals surface area contributed by atoms with Crippen molar-refractivity contribution in [3.8, 4) is 11.5 Å². The van der Waals surface area contributed by atoms with Gasteiger partial charge in [0.25, 0.3) is 5.91 Å². The van der Waals surface area contributed by atoms with Gasteiger partial charge >= 0.3 is 0 Å². The Labute approximate surface area is 185 Å². The van der Waals surface area contributed by atoms with Gasteiger partial charge in [0.15, 0.2) is 11.5 Å². The first-order valence-electron chi connectivity index (χ1n) is 9.84. The minimum absolute atomic E-state index is 0.0401. The zero-order chi connectivity index (χ0) is 23.3. The zero-order valence-electron chi connectivity index (χ0n) is 17.6. The smallest absolute Gasteiger partial charge is 0.269 e. The molecule has 3 rings (SSSR count). The van der Waals surface area contributed by atoms with Crippen LogP contribution in [0.3, 0.4) is 0 Å². The summed E-state index contributed by atoms with van der Waals surface area (Å²) in [5.41, 5.74) is 4.93. The molecule has 1 aliphatic rings. The Kier molecular flexibility index (Phi) is 7.31. The molecule has 1 unspecified atom stereocenters. The van der Waals surface area contributed by atoms with E-state index in [0.29, 0.717) is 24.3 Å². The zero-order valence-corrected chi connectivity index (χ0v) is 18.4. The average molecular weight is 466 g/mol. The van der Waals surface area contributed by atoms with Gasteiger partial charge in [-0.3, -0.25) is 20.4 Å². The second-order valence-corrected chi connectivity index (χ2v) is 9.11. The molecule has 0 aromatic heterocycles. The molecular formula is C21H24FN3O6S. The lowest BCUT2D eigenvalue weighted by Gasteiger charge is -2.31. The predicted octanol–water partition coefficient (Wildman–Crippen LogP) is 1.70. The standard InChI is InChI=1S/C21H24FN3O6S/c1-30-18-10-5-14(12-19(18)31-2)20(26)23-24-21(27)15-4-3-11-25(13-15)32(28,29)17-8-6-16(22)7-9-17/h5-10,12,15H,3-4,11,13H2,1-2H3,(H,23,26)(H,24,27). The molecule has 1 aliphatic heterocycles. The van der Waals surface area contributed by atoms with Crippen molar-refractivity contribution in [2.45, 2.75) is 17.7 Å². The highest BCUT2D eigenvalue weighted by Crippen LogP contribution is 2.27. The molecule has 2 aromatic carbocycles. The monoisotopic (exact) mass is 465 g/mol. The molecule has 1 atom stereocenters. The van der Waals surface area contributed by atoms with Gasteiger partial charge in [-0.2, -0.15) is 4.31 Å². The predicted molar refractivity (Wildman–Crippen MR) is 113 cm³/mol. The summed E-state index contributed by atoms with van der Waals surface area (Å²) in [4.78, 5) is 24.9. The van der Waals surface area contributed by atoms with E-state index in [2.05, 4.69) is 10.9 Å². The van der Waals surface area contributed by atoms with Crippen LogP contribution in [0, 0.1) is 11.7 Å². The molecule has 2 aromatic rings. The van der Waals surface area contributed by atoms with E-state index in [4.69, 9.17) is 9.47 Å². The van der Waals surface area contributed by atoms with E-state index in [1.807, 2.05) is 0 Å². The van der Waals surface area contributed by atoms with Crippen molar-refractivity contribution < 1.29 is 31.9 Å². The first-order valence-corrected chi connectivity index (χ1v) is 11.3. The van der Waals surface area contributed by atoms with Gasteiger partial charge in [-0.05, 0) is 55.3 Å². The number of nitrogens with one attached hydrogen (secondary N) is 2. The van der Waals surface area contributed by atoms with Crippen LogP contribution in [0.1, 0.15) is 23.2 Å². The quantitative estimate of drug-likeness (QED) is 0.628. The van der Waals surface area contributed by atoms with Gasteiger partial charge in [-0.15, -0.1) is 0 Å². The summed E-state index contributed by atoms with van der Waals surface area (Å²) in [6.07, 6.45) is 0.940. The number of carbonyl (C=O) groups excluding carboxylic acids is 2. The Bertz CT molecular complexity index is 1090. The molecule has 1 fully saturated rings. The summed E-state index contributed by atoms with van der Waals surface area (Å²) in [7, 11) is -0.946. The van der Waals surface area contributed by atoms with Crippen molar-refractivity contribution in [2.75, 3.05) is 27.3 Å². The Balaban J connectivity index is 1.62. The number of carbonyl (C=O) groups is 2. The van der Waals surface area contributed by atoms with E-state index in [9.17, 15) is 22.4 Å². The summed E-state index contributed by atoms with van der Waals surface area (Å²) in [6, 6.07) is 9.08. The number of ether oxygens (including phenoxy) is 2. The maximum Gasteiger partial charge on any atom is 0.269 e. The second-order valence-electron chi connectivity index (χ2n) is 7.17. The SMILES string of the molecule is COc1ccc(C(=O)NNC(=O)C2CCCN(S(=O)(=O)c3ccc(F)cc3)C2)cc1OC. The maximum atomic E-state index is 13.1. The lowest BCUT2D eigenvalue weighted by atomic mass is 9.99. The number of amides is 2. The Morgan fingerprint density at radius 2 is 1.72 bits per heavy atom. The second kappa shape index (κ2) is 9.96. The highest BCUT2D eigenvalue weighted by molar-refractivity contribution is 7.89. The van der Waals surface area contributed by atoms with Crippen LogP contribution in [0.4, 0.5) is 4.39 Å². The van der Waals surface area contributed by atoms with Gasteiger partial charge in [-0.25, -0.2) is 12.8 Å². The molecule has 0 aliphatic carbocycles. The third kappa shape index (κ3) is 5.17. The molecule has 2 amide bonds. The number of halogens is 1. The van der Waals surface area contributed by atoms with Gasteiger partial charge < -0.3 is 9.47 Å². The normalized spacial score (nSPS) is 16.8. The largest absolute Gasteiger partial charge is 0.493 e. The topological polar surface area (TPSA) is 114 Å². The molecule has 0 saturated carbocycles. The van der Waals surface area contributed by atoms with Gasteiger partial charge in [0, 0.05) is 18.7 Å². The van der Waals surface area contributed by atoms with Crippen molar-refractivity contribution in [3.63, 3.8) is 0 Å². The highest BCUT2D eigenvalue weighted by atomic mass is 32.2. The number of sulfonamides is 1. The van der Waals surface area contributed by atoms with E-state index >= 15 is 0 Å². The van der Waals surface area contributed by atoms with E-state index in [1.165, 1.54) is 42.8 Å². The summed E-state index contributed by atoms with van der Waals surface area (Å²) in [5.74, 6) is -1.43. The number of hydrogen-bond acceptors (Lipinski definition) is 6. The minimum atomic E-state index is -3.86. The summed E-state index contributed by atoms with van der Waals surface area (Å²) < 4.78 is 50.2. The summed E-state index contributed by atoms with van der Waals surface area (Å²) >= 11 is 0. The molecule has 32 heavy (non-hydrogen) atoms. The van der Waals surface area contributed by atoms with E-state index < -0.39 is 33.6 Å². The fraction of sp³-hybridized carbons (Fsp3) is 0.333. The summed E-state index contributed by atoms with van der Waals surface area (Å²) in [6.45, 7) is 0.208. The first kappa shape index (κ1) is 23.5. The Hall–Kier alpha value is -3.18. The molecule has 0 spiro atoms. The number of hydrazine groups is 1. The van der Waals surface area contributed by atoms with E-state index in [0.717, 1.165) is 12.1 Å². The van der Waals surface area contributed by atoms with Crippen LogP contribution in [0.2, 0.25) is 0 Å². The molecule has 2 N–H and O–H groups in total. The van der Waals surface area contributed by atoms with Gasteiger partial charge in [0.05, 0.1) is 25.0 Å². The molecule has 1 saturated heterocycles. The number of nitrogens with zero attached hydrogens (tertiary/aromatic N) is 1. The maximum absolute atomic E-state index is 13.1. The van der Waals surface area contributed by atoms with Crippen LogP contribution in [0.15, 0.2) is 47.4 Å². The van der Waals surface area contributed by atoms with Crippen LogP contribution in [-0.4, -0.2) is 51.8 Å². The lowest BCUT2D eigenvalue weighted by Crippen LogP contribution is -2.50. The molecular weight excluding hydrogens is 441 g/mol. The number of hydrogen-bond donors (Lipinski definition) is 2. The van der Waals surface area contributed by atoms with Crippen molar-refractivity contribution >= 4 is 21.8 Å². The molecule has 172 valence electrons. The van der Waals surface area contributed by atoms with Gasteiger partial charge in [0.1, 0.15) is 5.82 Å². The van der Waals surface area contributed by atoms with Gasteiger partial charge in [-0.1, -0.05) is 0 Å². The van der Waals surface area contributed by atoms with E-state index in [-0.39, 0.29) is 23.5 Å². The number of methoxy groups -OCH3 is 2. The molecule has 1 heterocycles. The van der Waals surface area contributed by atoms with Crippen LogP contribution in [-0.2, 0) is 14.8 Å². The van der Waals surface area contributed by atoms with Gasteiger partial charge in [0.2, 0.25) is 15.9 Å². The fourth-order valence-corrected chi connectivity index (χ4v) is 4.92. The third-order valence-electron chi connectivity index (χ3n) is 5.15. The molecule has 0 bridgehead atoms. The molecule has 9 nitrogen and oxygen atoms in total. The van der Waals surface area contributed by atoms with Crippen LogP contribution in [0.5, 0.6) is 11.5 Å². The minimum Gasteiger partial charge on any atom is -0.493 e. The molecule has 11 heteroatoms. The number of benzene rings is 2.